The van der Waals surface area contributed by atoms with Crippen molar-refractivity contribution < 1.29 is 22.8 Å². The molecule has 2 fully saturated rings. The number of nitrogen functional groups attached to an aromatic ring is 1. The number of likely N-dealkylation sites (tertiary alicyclic amines) is 1. The number of fused-ring (bicyclic) bond motifs is 4. The van der Waals surface area contributed by atoms with Crippen molar-refractivity contribution in [2.24, 2.45) is 5.92 Å². The molecular formula is C25H21BrF3N7O2. The lowest BCUT2D eigenvalue weighted by Gasteiger charge is -2.27. The van der Waals surface area contributed by atoms with Gasteiger partial charge in [-0.2, -0.15) is 13.2 Å². The topological polar surface area (TPSA) is 119 Å². The molecule has 1 aliphatic carbocycles. The molecule has 1 aliphatic heterocycles. The van der Waals surface area contributed by atoms with Crippen molar-refractivity contribution in [2.75, 3.05) is 11.1 Å². The lowest BCUT2D eigenvalue weighted by molar-refractivity contribution is -0.138. The Kier molecular flexibility index (Phi) is 5.60. The van der Waals surface area contributed by atoms with E-state index in [2.05, 4.69) is 36.2 Å². The molecule has 3 atom stereocenters. The van der Waals surface area contributed by atoms with E-state index in [1.54, 1.807) is 34.6 Å². The Morgan fingerprint density at radius 2 is 2.00 bits per heavy atom. The molecule has 2 aliphatic rings. The van der Waals surface area contributed by atoms with E-state index in [1.807, 2.05) is 0 Å². The third kappa shape index (κ3) is 4.05. The molecule has 0 radical (unpaired) electrons. The number of piperidine rings is 1. The number of alkyl halides is 3. The summed E-state index contributed by atoms with van der Waals surface area (Å²) in [6.45, 7) is 1.33. The number of hydrogen-bond acceptors (Lipinski definition) is 6. The fraction of sp³-hybridized carbons (Fsp3) is 0.320. The molecule has 2 amide bonds. The van der Waals surface area contributed by atoms with Crippen LogP contribution in [0.1, 0.15) is 24.0 Å². The number of rotatable bonds is 4. The summed E-state index contributed by atoms with van der Waals surface area (Å²) in [6, 6.07) is 6.45. The second-order valence-corrected chi connectivity index (χ2v) is 10.5. The number of pyridine rings is 1. The molecule has 1 aromatic carbocycles. The third-order valence-corrected chi connectivity index (χ3v) is 7.68. The van der Waals surface area contributed by atoms with Crippen LogP contribution in [0.4, 0.5) is 24.8 Å². The Morgan fingerprint density at radius 3 is 2.74 bits per heavy atom. The van der Waals surface area contributed by atoms with Gasteiger partial charge in [0.2, 0.25) is 11.8 Å². The summed E-state index contributed by atoms with van der Waals surface area (Å²) >= 11 is 3.27. The standard InChI is InChI=1S/C25H21BrF3N7O2/c1-11-5-13(25(27,28)29)8-14-20-22(30)31-10-32-23(20)35(21(11)14)9-19(37)36-15-6-12(15)7-16(36)24(38)34-18-4-2-3-17(26)33-18/h2-5,8,10,12,15-16H,6-7,9H2,1H3,(H2,30,31,32)(H,33,34,38)/t12-,15-,16+/m1/s1. The van der Waals surface area contributed by atoms with Gasteiger partial charge >= 0.3 is 6.18 Å². The summed E-state index contributed by atoms with van der Waals surface area (Å²) in [4.78, 5) is 40.9. The highest BCUT2D eigenvalue weighted by Crippen LogP contribution is 2.48. The zero-order valence-corrected chi connectivity index (χ0v) is 21.5. The highest BCUT2D eigenvalue weighted by atomic mass is 79.9. The Labute approximate surface area is 222 Å². The van der Waals surface area contributed by atoms with Gasteiger partial charge in [0.15, 0.2) is 0 Å². The first-order valence-corrected chi connectivity index (χ1v) is 12.7. The normalized spacial score (nSPS) is 20.7. The number of nitrogens with two attached hydrogens (primary N) is 1. The van der Waals surface area contributed by atoms with E-state index in [1.165, 1.54) is 6.33 Å². The van der Waals surface area contributed by atoms with Gasteiger partial charge in [0.1, 0.15) is 40.8 Å². The molecule has 3 aromatic heterocycles. The Balaban J connectivity index is 1.37. The maximum atomic E-state index is 13.7. The predicted molar refractivity (Wildman–Crippen MR) is 137 cm³/mol. The largest absolute Gasteiger partial charge is 0.416 e. The summed E-state index contributed by atoms with van der Waals surface area (Å²) in [7, 11) is 0. The number of carbonyl (C=O) groups is 2. The van der Waals surface area contributed by atoms with Gasteiger partial charge in [-0.1, -0.05) is 6.07 Å². The van der Waals surface area contributed by atoms with Crippen LogP contribution in [-0.4, -0.2) is 48.3 Å². The predicted octanol–water partition coefficient (Wildman–Crippen LogP) is 4.28. The quantitative estimate of drug-likeness (QED) is 0.344. The van der Waals surface area contributed by atoms with Crippen LogP contribution < -0.4 is 11.1 Å². The van der Waals surface area contributed by atoms with E-state index < -0.39 is 17.8 Å². The van der Waals surface area contributed by atoms with Crippen molar-refractivity contribution in [1.82, 2.24) is 24.4 Å². The highest BCUT2D eigenvalue weighted by molar-refractivity contribution is 9.10. The van der Waals surface area contributed by atoms with Crippen molar-refractivity contribution in [3.05, 3.63) is 52.4 Å². The number of nitrogens with zero attached hydrogens (tertiary/aromatic N) is 5. The number of nitrogens with one attached hydrogen (secondary N) is 1. The van der Waals surface area contributed by atoms with Crippen molar-refractivity contribution in [3.8, 4) is 0 Å². The van der Waals surface area contributed by atoms with E-state index in [0.717, 1.165) is 18.6 Å². The highest BCUT2D eigenvalue weighted by Gasteiger charge is 2.56. The number of aryl methyl sites for hydroxylation is 1. The van der Waals surface area contributed by atoms with Gasteiger partial charge in [0.05, 0.1) is 16.5 Å². The van der Waals surface area contributed by atoms with E-state index in [-0.39, 0.29) is 52.6 Å². The molecule has 196 valence electrons. The number of hydrogen-bond donors (Lipinski definition) is 2. The maximum absolute atomic E-state index is 13.7. The minimum Gasteiger partial charge on any atom is -0.383 e. The molecular weight excluding hydrogens is 567 g/mol. The number of carbonyl (C=O) groups excluding carboxylic acids is 2. The van der Waals surface area contributed by atoms with Crippen molar-refractivity contribution in [1.29, 1.82) is 0 Å². The number of halogens is 4. The lowest BCUT2D eigenvalue weighted by atomic mass is 10.1. The number of benzene rings is 1. The fourth-order valence-corrected chi connectivity index (χ4v) is 5.90. The van der Waals surface area contributed by atoms with E-state index >= 15 is 0 Å². The molecule has 0 bridgehead atoms. The van der Waals surface area contributed by atoms with Crippen LogP contribution in [0.3, 0.4) is 0 Å². The minimum absolute atomic E-state index is 0.0205. The molecule has 9 nitrogen and oxygen atoms in total. The van der Waals surface area contributed by atoms with Crippen LogP contribution in [0.15, 0.2) is 41.3 Å². The van der Waals surface area contributed by atoms with Crippen LogP contribution >= 0.6 is 15.9 Å². The molecule has 0 spiro atoms. The van der Waals surface area contributed by atoms with E-state index in [4.69, 9.17) is 5.73 Å². The summed E-state index contributed by atoms with van der Waals surface area (Å²) in [5, 5.41) is 3.26. The monoisotopic (exact) mass is 587 g/mol. The van der Waals surface area contributed by atoms with Crippen LogP contribution in [-0.2, 0) is 22.3 Å². The lowest BCUT2D eigenvalue weighted by Crippen LogP contribution is -2.46. The van der Waals surface area contributed by atoms with Crippen LogP contribution in [0, 0.1) is 12.8 Å². The maximum Gasteiger partial charge on any atom is 0.416 e. The average molecular weight is 588 g/mol. The van der Waals surface area contributed by atoms with Crippen LogP contribution in [0.2, 0.25) is 0 Å². The van der Waals surface area contributed by atoms with Crippen molar-refractivity contribution >= 4 is 61.3 Å². The average Bonchev–Trinajstić information content (AvgIpc) is 3.38. The second-order valence-electron chi connectivity index (χ2n) is 9.68. The van der Waals surface area contributed by atoms with Gasteiger partial charge in [-0.25, -0.2) is 15.0 Å². The summed E-state index contributed by atoms with van der Waals surface area (Å²) in [6.07, 6.45) is -2.01. The number of amides is 2. The van der Waals surface area contributed by atoms with E-state index in [0.29, 0.717) is 27.9 Å². The molecule has 1 saturated carbocycles. The first kappa shape index (κ1) is 24.6. The summed E-state index contributed by atoms with van der Waals surface area (Å²) < 4.78 is 42.9. The smallest absolute Gasteiger partial charge is 0.383 e. The minimum atomic E-state index is -4.56. The first-order valence-electron chi connectivity index (χ1n) is 11.9. The number of anilines is 2. The molecule has 3 N–H and O–H groups in total. The fourth-order valence-electron chi connectivity index (χ4n) is 5.56. The van der Waals surface area contributed by atoms with Gasteiger partial charge in [-0.3, -0.25) is 9.59 Å². The Hall–Kier alpha value is -3.74. The second kappa shape index (κ2) is 8.65. The molecule has 6 rings (SSSR count). The van der Waals surface area contributed by atoms with Gasteiger partial charge < -0.3 is 20.5 Å². The van der Waals surface area contributed by atoms with Gasteiger partial charge in [-0.05, 0) is 71.4 Å². The van der Waals surface area contributed by atoms with E-state index in [9.17, 15) is 22.8 Å². The SMILES string of the molecule is Cc1cc(C(F)(F)F)cc2c3c(N)ncnc3n(CC(=O)N3[C@@H]4C[C@@H]4C[C@H]3C(=O)Nc3cccc(Br)n3)c12. The number of aromatic nitrogens is 4. The Bertz CT molecular complexity index is 1640. The van der Waals surface area contributed by atoms with Crippen LogP contribution in [0.5, 0.6) is 0 Å². The molecule has 1 saturated heterocycles. The molecule has 13 heteroatoms. The molecule has 0 unspecified atom stereocenters. The van der Waals surface area contributed by atoms with Crippen molar-refractivity contribution in [2.45, 2.75) is 44.6 Å². The summed E-state index contributed by atoms with van der Waals surface area (Å²) in [5.74, 6) is -0.0453. The first-order chi connectivity index (χ1) is 18.0. The zero-order chi connectivity index (χ0) is 26.9. The third-order valence-electron chi connectivity index (χ3n) is 7.23. The molecule has 4 aromatic rings. The Morgan fingerprint density at radius 1 is 1.21 bits per heavy atom. The van der Waals surface area contributed by atoms with Gasteiger partial charge in [0, 0.05) is 11.4 Å². The molecule has 4 heterocycles. The molecule has 38 heavy (non-hydrogen) atoms. The van der Waals surface area contributed by atoms with Crippen LogP contribution in [0.25, 0.3) is 21.9 Å². The van der Waals surface area contributed by atoms with Gasteiger partial charge in [-0.15, -0.1) is 0 Å². The summed E-state index contributed by atoms with van der Waals surface area (Å²) in [5.41, 5.74) is 6.24. The van der Waals surface area contributed by atoms with Crippen molar-refractivity contribution in [3.63, 3.8) is 0 Å². The zero-order valence-electron chi connectivity index (χ0n) is 20.0. The van der Waals surface area contributed by atoms with Gasteiger partial charge in [0.25, 0.3) is 0 Å².